The quantitative estimate of drug-likeness (QED) is 0.624. The van der Waals surface area contributed by atoms with Gasteiger partial charge in [0.15, 0.2) is 0 Å². The SMILES string of the molecule is CN1CCC(N(C)Cc2cccnc2C(=N)N)CC1. The Hall–Kier alpha value is -1.46. The molecule has 2 rings (SSSR count). The van der Waals surface area contributed by atoms with E-state index in [1.165, 1.54) is 12.8 Å². The summed E-state index contributed by atoms with van der Waals surface area (Å²) in [6.07, 6.45) is 4.08. The van der Waals surface area contributed by atoms with Gasteiger partial charge in [-0.05, 0) is 51.7 Å². The fraction of sp³-hybridized carbons (Fsp3) is 0.571. The molecule has 2 heterocycles. The van der Waals surface area contributed by atoms with Gasteiger partial charge in [0.2, 0.25) is 0 Å². The van der Waals surface area contributed by atoms with Gasteiger partial charge in [0.25, 0.3) is 0 Å². The van der Waals surface area contributed by atoms with Gasteiger partial charge in [0, 0.05) is 18.8 Å². The molecule has 0 aromatic carbocycles. The lowest BCUT2D eigenvalue weighted by Crippen LogP contribution is -2.41. The summed E-state index contributed by atoms with van der Waals surface area (Å²) in [5.41, 5.74) is 7.23. The van der Waals surface area contributed by atoms with Gasteiger partial charge in [-0.3, -0.25) is 15.3 Å². The highest BCUT2D eigenvalue weighted by atomic mass is 15.2. The standard InChI is InChI=1S/C14H23N5/c1-18-8-5-12(6-9-18)19(2)10-11-4-3-7-17-13(11)14(15)16/h3-4,7,12H,5-6,8-10H2,1-2H3,(H3,15,16). The molecule has 0 radical (unpaired) electrons. The van der Waals surface area contributed by atoms with Gasteiger partial charge in [0.05, 0.1) is 0 Å². The van der Waals surface area contributed by atoms with Crippen molar-refractivity contribution in [2.45, 2.75) is 25.4 Å². The number of piperidine rings is 1. The highest BCUT2D eigenvalue weighted by molar-refractivity contribution is 5.94. The number of nitrogens with zero attached hydrogens (tertiary/aromatic N) is 3. The zero-order valence-corrected chi connectivity index (χ0v) is 11.8. The third-order valence-corrected chi connectivity index (χ3v) is 3.88. The number of rotatable bonds is 4. The molecule has 0 spiro atoms. The molecule has 1 saturated heterocycles. The smallest absolute Gasteiger partial charge is 0.142 e. The van der Waals surface area contributed by atoms with Crippen molar-refractivity contribution in [3.63, 3.8) is 0 Å². The molecule has 3 N–H and O–H groups in total. The Morgan fingerprint density at radius 2 is 2.21 bits per heavy atom. The Bertz CT molecular complexity index is 437. The number of amidine groups is 1. The van der Waals surface area contributed by atoms with Gasteiger partial charge < -0.3 is 10.6 Å². The molecule has 1 aromatic rings. The number of pyridine rings is 1. The monoisotopic (exact) mass is 261 g/mol. The topological polar surface area (TPSA) is 69.2 Å². The van der Waals surface area contributed by atoms with E-state index in [1.807, 2.05) is 12.1 Å². The molecule has 0 saturated carbocycles. The summed E-state index contributed by atoms with van der Waals surface area (Å²) in [4.78, 5) is 8.93. The van der Waals surface area contributed by atoms with Crippen LogP contribution in [-0.4, -0.2) is 53.8 Å². The number of nitrogens with two attached hydrogens (primary N) is 1. The van der Waals surface area contributed by atoms with E-state index in [0.29, 0.717) is 11.7 Å². The van der Waals surface area contributed by atoms with Crippen LogP contribution in [0.15, 0.2) is 18.3 Å². The van der Waals surface area contributed by atoms with Crippen LogP contribution in [0.3, 0.4) is 0 Å². The van der Waals surface area contributed by atoms with Crippen molar-refractivity contribution in [2.75, 3.05) is 27.2 Å². The average molecular weight is 261 g/mol. The second-order valence-corrected chi connectivity index (χ2v) is 5.37. The van der Waals surface area contributed by atoms with E-state index in [4.69, 9.17) is 11.1 Å². The molecule has 0 atom stereocenters. The van der Waals surface area contributed by atoms with Crippen LogP contribution in [0.5, 0.6) is 0 Å². The minimum absolute atomic E-state index is 0.0485. The largest absolute Gasteiger partial charge is 0.382 e. The molecular formula is C14H23N5. The van der Waals surface area contributed by atoms with Crippen LogP contribution in [0.25, 0.3) is 0 Å². The average Bonchev–Trinajstić information content (AvgIpc) is 2.39. The van der Waals surface area contributed by atoms with E-state index in [1.54, 1.807) is 6.20 Å². The Morgan fingerprint density at radius 3 is 2.84 bits per heavy atom. The summed E-state index contributed by atoms with van der Waals surface area (Å²) in [7, 11) is 4.32. The first kappa shape index (κ1) is 14.0. The number of hydrogen-bond acceptors (Lipinski definition) is 4. The van der Waals surface area contributed by atoms with Crippen LogP contribution in [0.1, 0.15) is 24.1 Å². The summed E-state index contributed by atoms with van der Waals surface area (Å²) in [6.45, 7) is 3.11. The Balaban J connectivity index is 2.02. The van der Waals surface area contributed by atoms with E-state index < -0.39 is 0 Å². The fourth-order valence-corrected chi connectivity index (χ4v) is 2.64. The van der Waals surface area contributed by atoms with Crippen LogP contribution in [0.2, 0.25) is 0 Å². The number of nitrogens with one attached hydrogen (secondary N) is 1. The van der Waals surface area contributed by atoms with Crippen molar-refractivity contribution in [3.8, 4) is 0 Å². The van der Waals surface area contributed by atoms with E-state index in [2.05, 4.69) is 28.9 Å². The minimum Gasteiger partial charge on any atom is -0.382 e. The normalized spacial score (nSPS) is 17.8. The Kier molecular flexibility index (Phi) is 4.50. The first-order valence-corrected chi connectivity index (χ1v) is 6.75. The van der Waals surface area contributed by atoms with Crippen LogP contribution in [0, 0.1) is 5.41 Å². The van der Waals surface area contributed by atoms with Gasteiger partial charge in [-0.2, -0.15) is 0 Å². The molecule has 104 valence electrons. The number of nitrogen functional groups attached to an aromatic ring is 1. The van der Waals surface area contributed by atoms with Crippen molar-refractivity contribution < 1.29 is 0 Å². The summed E-state index contributed by atoms with van der Waals surface area (Å²) in [6, 6.07) is 4.52. The molecule has 1 fully saturated rings. The number of hydrogen-bond donors (Lipinski definition) is 2. The number of likely N-dealkylation sites (tertiary alicyclic amines) is 1. The highest BCUT2D eigenvalue weighted by Gasteiger charge is 2.21. The first-order chi connectivity index (χ1) is 9.08. The molecule has 5 nitrogen and oxygen atoms in total. The van der Waals surface area contributed by atoms with E-state index >= 15 is 0 Å². The minimum atomic E-state index is 0.0485. The van der Waals surface area contributed by atoms with Gasteiger partial charge in [-0.1, -0.05) is 6.07 Å². The first-order valence-electron chi connectivity index (χ1n) is 6.75. The van der Waals surface area contributed by atoms with Crippen LogP contribution in [-0.2, 0) is 6.54 Å². The number of aromatic nitrogens is 1. The van der Waals surface area contributed by atoms with Crippen molar-refractivity contribution in [1.29, 1.82) is 5.41 Å². The molecule has 1 aromatic heterocycles. The van der Waals surface area contributed by atoms with E-state index in [-0.39, 0.29) is 5.84 Å². The fourth-order valence-electron chi connectivity index (χ4n) is 2.64. The van der Waals surface area contributed by atoms with Crippen molar-refractivity contribution >= 4 is 5.84 Å². The lowest BCUT2D eigenvalue weighted by molar-refractivity contribution is 0.139. The molecule has 5 heteroatoms. The molecule has 1 aliphatic heterocycles. The lowest BCUT2D eigenvalue weighted by atomic mass is 10.0. The Labute approximate surface area is 114 Å². The highest BCUT2D eigenvalue weighted by Crippen LogP contribution is 2.17. The van der Waals surface area contributed by atoms with Gasteiger partial charge in [-0.25, -0.2) is 0 Å². The molecule has 0 bridgehead atoms. The summed E-state index contributed by atoms with van der Waals surface area (Å²) in [5.74, 6) is 0.0485. The third kappa shape index (κ3) is 3.52. The van der Waals surface area contributed by atoms with Crippen LogP contribution < -0.4 is 5.73 Å². The maximum atomic E-state index is 7.58. The predicted molar refractivity (Wildman–Crippen MR) is 77.2 cm³/mol. The maximum absolute atomic E-state index is 7.58. The molecule has 0 amide bonds. The molecule has 0 unspecified atom stereocenters. The Morgan fingerprint density at radius 1 is 1.53 bits per heavy atom. The van der Waals surface area contributed by atoms with Crippen molar-refractivity contribution in [3.05, 3.63) is 29.6 Å². The summed E-state index contributed by atoms with van der Waals surface area (Å²) < 4.78 is 0. The van der Waals surface area contributed by atoms with Crippen molar-refractivity contribution in [2.24, 2.45) is 5.73 Å². The molecular weight excluding hydrogens is 238 g/mol. The zero-order chi connectivity index (χ0) is 13.8. The van der Waals surface area contributed by atoms with Gasteiger partial charge in [0.1, 0.15) is 11.5 Å². The second kappa shape index (κ2) is 6.12. The second-order valence-electron chi connectivity index (χ2n) is 5.37. The lowest BCUT2D eigenvalue weighted by Gasteiger charge is -2.35. The van der Waals surface area contributed by atoms with Crippen LogP contribution >= 0.6 is 0 Å². The summed E-state index contributed by atoms with van der Waals surface area (Å²) >= 11 is 0. The molecule has 1 aliphatic rings. The predicted octanol–water partition coefficient (Wildman–Crippen LogP) is 0.892. The summed E-state index contributed by atoms with van der Waals surface area (Å²) in [5, 5.41) is 7.58. The maximum Gasteiger partial charge on any atom is 0.142 e. The third-order valence-electron chi connectivity index (χ3n) is 3.88. The van der Waals surface area contributed by atoms with Gasteiger partial charge in [-0.15, -0.1) is 0 Å². The van der Waals surface area contributed by atoms with Gasteiger partial charge >= 0.3 is 0 Å². The molecule has 19 heavy (non-hydrogen) atoms. The van der Waals surface area contributed by atoms with E-state index in [0.717, 1.165) is 25.2 Å². The van der Waals surface area contributed by atoms with Crippen molar-refractivity contribution in [1.82, 2.24) is 14.8 Å². The zero-order valence-electron chi connectivity index (χ0n) is 11.8. The molecule has 0 aliphatic carbocycles. The van der Waals surface area contributed by atoms with Crippen LogP contribution in [0.4, 0.5) is 0 Å². The van der Waals surface area contributed by atoms with E-state index in [9.17, 15) is 0 Å².